The second kappa shape index (κ2) is 6.36. The van der Waals surface area contributed by atoms with E-state index in [1.165, 1.54) is 0 Å². The molecule has 1 N–H and O–H groups in total. The van der Waals surface area contributed by atoms with E-state index in [9.17, 15) is 9.90 Å². The lowest BCUT2D eigenvalue weighted by atomic mass is 9.91. The first-order valence-electron chi connectivity index (χ1n) is 5.97. The van der Waals surface area contributed by atoms with Gasteiger partial charge in [0.2, 0.25) is 0 Å². The van der Waals surface area contributed by atoms with Crippen molar-refractivity contribution in [3.8, 4) is 0 Å². The zero-order valence-corrected chi connectivity index (χ0v) is 10.6. The van der Waals surface area contributed by atoms with Crippen molar-refractivity contribution in [2.75, 3.05) is 0 Å². The van der Waals surface area contributed by atoms with Gasteiger partial charge in [0, 0.05) is 5.92 Å². The highest BCUT2D eigenvalue weighted by Gasteiger charge is 2.22. The Bertz CT molecular complexity index is 379. The van der Waals surface area contributed by atoms with Crippen molar-refractivity contribution in [1.82, 2.24) is 0 Å². The predicted octanol–water partition coefficient (Wildman–Crippen LogP) is 2.92. The molecule has 2 heteroatoms. The van der Waals surface area contributed by atoms with Crippen molar-refractivity contribution in [2.45, 2.75) is 26.9 Å². The van der Waals surface area contributed by atoms with Crippen molar-refractivity contribution in [3.63, 3.8) is 0 Å². The van der Waals surface area contributed by atoms with E-state index in [2.05, 4.69) is 0 Å². The minimum atomic E-state index is -0.581. The van der Waals surface area contributed by atoms with Gasteiger partial charge in [0.1, 0.15) is 0 Å². The van der Waals surface area contributed by atoms with Crippen molar-refractivity contribution in [2.24, 2.45) is 11.8 Å². The number of allylic oxidation sites excluding steroid dienone is 1. The fraction of sp³-hybridized carbons (Fsp3) is 0.400. The van der Waals surface area contributed by atoms with E-state index in [1.807, 2.05) is 44.2 Å². The Labute approximate surface area is 103 Å². The molecule has 0 aromatic heterocycles. The van der Waals surface area contributed by atoms with Gasteiger partial charge in [-0.25, -0.2) is 0 Å². The van der Waals surface area contributed by atoms with Gasteiger partial charge < -0.3 is 5.11 Å². The zero-order valence-electron chi connectivity index (χ0n) is 10.6. The van der Waals surface area contributed by atoms with Crippen LogP contribution in [-0.4, -0.2) is 17.0 Å². The molecule has 0 radical (unpaired) electrons. The maximum atomic E-state index is 11.8. The van der Waals surface area contributed by atoms with Crippen LogP contribution in [0.2, 0.25) is 0 Å². The van der Waals surface area contributed by atoms with Crippen LogP contribution in [0.3, 0.4) is 0 Å². The van der Waals surface area contributed by atoms with Crippen LogP contribution in [0.1, 0.15) is 26.3 Å². The molecule has 2 nitrogen and oxygen atoms in total. The molecule has 17 heavy (non-hydrogen) atoms. The van der Waals surface area contributed by atoms with Gasteiger partial charge in [-0.15, -0.1) is 0 Å². The first-order valence-corrected chi connectivity index (χ1v) is 5.97. The molecule has 2 atom stereocenters. The van der Waals surface area contributed by atoms with Crippen molar-refractivity contribution < 1.29 is 9.90 Å². The fourth-order valence-electron chi connectivity index (χ4n) is 1.64. The number of carbonyl (C=O) groups excluding carboxylic acids is 1. The molecule has 0 amide bonds. The van der Waals surface area contributed by atoms with Crippen LogP contribution in [0, 0.1) is 11.8 Å². The summed E-state index contributed by atoms with van der Waals surface area (Å²) in [5.41, 5.74) is 0.993. The van der Waals surface area contributed by atoms with E-state index in [0.717, 1.165) is 5.56 Å². The van der Waals surface area contributed by atoms with Gasteiger partial charge in [-0.2, -0.15) is 0 Å². The van der Waals surface area contributed by atoms with Gasteiger partial charge in [0.15, 0.2) is 5.78 Å². The van der Waals surface area contributed by atoms with Crippen LogP contribution >= 0.6 is 0 Å². The number of aliphatic hydroxyl groups excluding tert-OH is 1. The third kappa shape index (κ3) is 4.16. The van der Waals surface area contributed by atoms with Crippen molar-refractivity contribution in [3.05, 3.63) is 42.0 Å². The molecule has 1 rings (SSSR count). The summed E-state index contributed by atoms with van der Waals surface area (Å²) in [6, 6.07) is 9.66. The SMILES string of the molecule is CC(C)[C@H](O)[C@@H](C)C(=O)/C=C/c1ccccc1. The average molecular weight is 232 g/mol. The van der Waals surface area contributed by atoms with E-state index in [1.54, 1.807) is 19.1 Å². The second-order valence-corrected chi connectivity index (χ2v) is 4.67. The van der Waals surface area contributed by atoms with Gasteiger partial charge >= 0.3 is 0 Å². The van der Waals surface area contributed by atoms with Crippen LogP contribution in [-0.2, 0) is 4.79 Å². The normalized spacial score (nSPS) is 15.1. The van der Waals surface area contributed by atoms with Gasteiger partial charge in [-0.3, -0.25) is 4.79 Å². The highest BCUT2D eigenvalue weighted by Crippen LogP contribution is 2.14. The second-order valence-electron chi connectivity index (χ2n) is 4.67. The van der Waals surface area contributed by atoms with Crippen LogP contribution in [0.15, 0.2) is 36.4 Å². The Kier molecular flexibility index (Phi) is 5.11. The summed E-state index contributed by atoms with van der Waals surface area (Å²) >= 11 is 0. The highest BCUT2D eigenvalue weighted by molar-refractivity contribution is 5.95. The summed E-state index contributed by atoms with van der Waals surface area (Å²) in [6.07, 6.45) is 2.75. The third-order valence-corrected chi connectivity index (χ3v) is 2.88. The van der Waals surface area contributed by atoms with Crippen molar-refractivity contribution in [1.29, 1.82) is 0 Å². The Balaban J connectivity index is 2.63. The number of ketones is 1. The van der Waals surface area contributed by atoms with Crippen molar-refractivity contribution >= 4 is 11.9 Å². The van der Waals surface area contributed by atoms with Gasteiger partial charge in [-0.1, -0.05) is 57.2 Å². The Morgan fingerprint density at radius 2 is 1.76 bits per heavy atom. The number of aliphatic hydroxyl groups is 1. The maximum Gasteiger partial charge on any atom is 0.161 e. The molecule has 0 heterocycles. The molecular formula is C15H20O2. The van der Waals surface area contributed by atoms with E-state index < -0.39 is 6.10 Å². The number of rotatable bonds is 5. The summed E-state index contributed by atoms with van der Waals surface area (Å²) in [7, 11) is 0. The Hall–Kier alpha value is -1.41. The molecule has 0 aliphatic rings. The predicted molar refractivity (Wildman–Crippen MR) is 70.5 cm³/mol. The Morgan fingerprint density at radius 3 is 2.29 bits per heavy atom. The lowest BCUT2D eigenvalue weighted by Gasteiger charge is -2.19. The lowest BCUT2D eigenvalue weighted by molar-refractivity contribution is -0.121. The first-order chi connectivity index (χ1) is 8.02. The smallest absolute Gasteiger partial charge is 0.161 e. The quantitative estimate of drug-likeness (QED) is 0.792. The molecule has 0 aliphatic heterocycles. The summed E-state index contributed by atoms with van der Waals surface area (Å²) in [5.74, 6) is -0.288. The number of hydrogen-bond acceptors (Lipinski definition) is 2. The molecule has 0 spiro atoms. The maximum absolute atomic E-state index is 11.8. The summed E-state index contributed by atoms with van der Waals surface area (Å²) in [6.45, 7) is 5.59. The van der Waals surface area contributed by atoms with E-state index >= 15 is 0 Å². The molecule has 0 fully saturated rings. The summed E-state index contributed by atoms with van der Waals surface area (Å²) in [5, 5.41) is 9.81. The van der Waals surface area contributed by atoms with Gasteiger partial charge in [-0.05, 0) is 17.6 Å². The first kappa shape index (κ1) is 13.7. The molecule has 0 saturated heterocycles. The molecule has 1 aromatic carbocycles. The summed E-state index contributed by atoms with van der Waals surface area (Å²) in [4.78, 5) is 11.8. The number of benzene rings is 1. The van der Waals surface area contributed by atoms with E-state index in [-0.39, 0.29) is 17.6 Å². The molecule has 0 saturated carbocycles. The van der Waals surface area contributed by atoms with Crippen LogP contribution in [0.25, 0.3) is 6.08 Å². The molecule has 92 valence electrons. The topological polar surface area (TPSA) is 37.3 Å². The molecular weight excluding hydrogens is 212 g/mol. The Morgan fingerprint density at radius 1 is 1.18 bits per heavy atom. The fourth-order valence-corrected chi connectivity index (χ4v) is 1.64. The monoisotopic (exact) mass is 232 g/mol. The number of hydrogen-bond donors (Lipinski definition) is 1. The number of carbonyl (C=O) groups is 1. The van der Waals surface area contributed by atoms with Crippen LogP contribution < -0.4 is 0 Å². The minimum absolute atomic E-state index is 0.0324. The molecule has 0 bridgehead atoms. The molecule has 1 aromatic rings. The minimum Gasteiger partial charge on any atom is -0.392 e. The lowest BCUT2D eigenvalue weighted by Crippen LogP contribution is -2.28. The third-order valence-electron chi connectivity index (χ3n) is 2.88. The zero-order chi connectivity index (χ0) is 12.8. The molecule has 0 unspecified atom stereocenters. The largest absolute Gasteiger partial charge is 0.392 e. The van der Waals surface area contributed by atoms with Gasteiger partial charge in [0.25, 0.3) is 0 Å². The van der Waals surface area contributed by atoms with E-state index in [4.69, 9.17) is 0 Å². The molecule has 0 aliphatic carbocycles. The standard InChI is InChI=1S/C15H20O2/c1-11(2)15(17)12(3)14(16)10-9-13-7-5-4-6-8-13/h4-12,15,17H,1-3H3/b10-9+/t12-,15-/m0/s1. The highest BCUT2D eigenvalue weighted by atomic mass is 16.3. The average Bonchev–Trinajstić information content (AvgIpc) is 2.35. The summed E-state index contributed by atoms with van der Waals surface area (Å²) < 4.78 is 0. The van der Waals surface area contributed by atoms with Crippen LogP contribution in [0.5, 0.6) is 0 Å². The van der Waals surface area contributed by atoms with Gasteiger partial charge in [0.05, 0.1) is 6.10 Å². The van der Waals surface area contributed by atoms with E-state index in [0.29, 0.717) is 0 Å². The van der Waals surface area contributed by atoms with Crippen LogP contribution in [0.4, 0.5) is 0 Å².